The van der Waals surface area contributed by atoms with Gasteiger partial charge in [-0.25, -0.2) is 0 Å². The average molecular weight is 288 g/mol. The van der Waals surface area contributed by atoms with Crippen LogP contribution in [0, 0.1) is 5.92 Å². The standard InChI is InChI=1S/C18H28N2O/c1-15(2)13-16-5-7-17(8-6-16)14-19-10-9-18(21)20-11-3-4-12-20/h5-8,15,19H,3-4,9-14H2,1-2H3. The summed E-state index contributed by atoms with van der Waals surface area (Å²) in [5.41, 5.74) is 2.69. The Morgan fingerprint density at radius 3 is 2.38 bits per heavy atom. The number of amides is 1. The minimum absolute atomic E-state index is 0.298. The first-order valence-electron chi connectivity index (χ1n) is 8.21. The molecule has 1 amide bonds. The van der Waals surface area contributed by atoms with Gasteiger partial charge < -0.3 is 10.2 Å². The number of rotatable bonds is 7. The Kier molecular flexibility index (Phi) is 6.24. The van der Waals surface area contributed by atoms with Gasteiger partial charge in [0.15, 0.2) is 0 Å². The van der Waals surface area contributed by atoms with Gasteiger partial charge in [-0.2, -0.15) is 0 Å². The predicted molar refractivity (Wildman–Crippen MR) is 87.1 cm³/mol. The number of hydrogen-bond donors (Lipinski definition) is 1. The molecular formula is C18H28N2O. The van der Waals surface area contributed by atoms with E-state index >= 15 is 0 Å². The highest BCUT2D eigenvalue weighted by atomic mass is 16.2. The van der Waals surface area contributed by atoms with Crippen LogP contribution in [-0.4, -0.2) is 30.4 Å². The number of likely N-dealkylation sites (tertiary alicyclic amines) is 1. The van der Waals surface area contributed by atoms with E-state index in [4.69, 9.17) is 0 Å². The van der Waals surface area contributed by atoms with Crippen LogP contribution in [0.2, 0.25) is 0 Å². The molecule has 1 aromatic rings. The third-order valence-electron chi connectivity index (χ3n) is 3.97. The van der Waals surface area contributed by atoms with E-state index in [0.29, 0.717) is 18.2 Å². The topological polar surface area (TPSA) is 32.3 Å². The Balaban J connectivity index is 1.65. The highest BCUT2D eigenvalue weighted by molar-refractivity contribution is 5.76. The SMILES string of the molecule is CC(C)Cc1ccc(CNCCC(=O)N2CCCC2)cc1. The first-order chi connectivity index (χ1) is 10.1. The predicted octanol–water partition coefficient (Wildman–Crippen LogP) is 2.99. The van der Waals surface area contributed by atoms with Gasteiger partial charge >= 0.3 is 0 Å². The van der Waals surface area contributed by atoms with Crippen molar-refractivity contribution in [2.24, 2.45) is 5.92 Å². The molecule has 0 unspecified atom stereocenters. The second kappa shape index (κ2) is 8.18. The normalized spacial score (nSPS) is 14.9. The molecule has 21 heavy (non-hydrogen) atoms. The minimum atomic E-state index is 0.298. The van der Waals surface area contributed by atoms with Crippen molar-refractivity contribution in [1.82, 2.24) is 10.2 Å². The summed E-state index contributed by atoms with van der Waals surface area (Å²) >= 11 is 0. The summed E-state index contributed by atoms with van der Waals surface area (Å²) in [6.07, 6.45) is 4.09. The largest absolute Gasteiger partial charge is 0.343 e. The molecule has 0 aliphatic carbocycles. The minimum Gasteiger partial charge on any atom is -0.343 e. The summed E-state index contributed by atoms with van der Waals surface area (Å²) in [5.74, 6) is 0.998. The van der Waals surface area contributed by atoms with Crippen molar-refractivity contribution in [3.05, 3.63) is 35.4 Å². The molecule has 0 saturated carbocycles. The van der Waals surface area contributed by atoms with Gasteiger partial charge in [-0.3, -0.25) is 4.79 Å². The molecule has 1 aliphatic heterocycles. The van der Waals surface area contributed by atoms with Gasteiger partial charge in [-0.05, 0) is 36.3 Å². The summed E-state index contributed by atoms with van der Waals surface area (Å²) in [7, 11) is 0. The number of hydrogen-bond acceptors (Lipinski definition) is 2. The summed E-state index contributed by atoms with van der Waals surface area (Å²) < 4.78 is 0. The summed E-state index contributed by atoms with van der Waals surface area (Å²) in [6.45, 7) is 8.00. The molecule has 0 atom stereocenters. The maximum absolute atomic E-state index is 11.9. The summed E-state index contributed by atoms with van der Waals surface area (Å²) in [6, 6.07) is 8.80. The second-order valence-electron chi connectivity index (χ2n) is 6.43. The van der Waals surface area contributed by atoms with Gasteiger partial charge in [0.05, 0.1) is 0 Å². The third-order valence-corrected chi connectivity index (χ3v) is 3.97. The van der Waals surface area contributed by atoms with E-state index in [1.807, 2.05) is 4.90 Å². The maximum atomic E-state index is 11.9. The van der Waals surface area contributed by atoms with Crippen LogP contribution in [0.25, 0.3) is 0 Å². The third kappa shape index (κ3) is 5.50. The van der Waals surface area contributed by atoms with Crippen molar-refractivity contribution in [1.29, 1.82) is 0 Å². The molecule has 0 bridgehead atoms. The zero-order chi connectivity index (χ0) is 15.1. The van der Waals surface area contributed by atoms with Gasteiger partial charge in [-0.15, -0.1) is 0 Å². The molecular weight excluding hydrogens is 260 g/mol. The first kappa shape index (κ1) is 16.0. The van der Waals surface area contributed by atoms with Crippen molar-refractivity contribution in [3.63, 3.8) is 0 Å². The van der Waals surface area contributed by atoms with Crippen molar-refractivity contribution in [2.75, 3.05) is 19.6 Å². The van der Waals surface area contributed by atoms with Crippen LogP contribution < -0.4 is 5.32 Å². The molecule has 1 saturated heterocycles. The van der Waals surface area contributed by atoms with Crippen LogP contribution in [0.1, 0.15) is 44.2 Å². The van der Waals surface area contributed by atoms with Gasteiger partial charge in [-0.1, -0.05) is 38.1 Å². The van der Waals surface area contributed by atoms with E-state index in [9.17, 15) is 4.79 Å². The Hall–Kier alpha value is -1.35. The quantitative estimate of drug-likeness (QED) is 0.782. The van der Waals surface area contributed by atoms with Crippen molar-refractivity contribution in [3.8, 4) is 0 Å². The van der Waals surface area contributed by atoms with E-state index in [-0.39, 0.29) is 0 Å². The van der Waals surface area contributed by atoms with Gasteiger partial charge in [0.1, 0.15) is 0 Å². The zero-order valence-electron chi connectivity index (χ0n) is 13.4. The van der Waals surface area contributed by atoms with Crippen molar-refractivity contribution in [2.45, 2.75) is 46.1 Å². The van der Waals surface area contributed by atoms with E-state index in [2.05, 4.69) is 43.4 Å². The lowest BCUT2D eigenvalue weighted by molar-refractivity contribution is -0.130. The van der Waals surface area contributed by atoms with E-state index in [1.165, 1.54) is 24.0 Å². The fraction of sp³-hybridized carbons (Fsp3) is 0.611. The number of carbonyl (C=O) groups excluding carboxylic acids is 1. The van der Waals surface area contributed by atoms with Crippen molar-refractivity contribution >= 4 is 5.91 Å². The molecule has 0 spiro atoms. The fourth-order valence-electron chi connectivity index (χ4n) is 2.82. The molecule has 3 heteroatoms. The van der Waals surface area contributed by atoms with Gasteiger partial charge in [0.2, 0.25) is 5.91 Å². The molecule has 116 valence electrons. The van der Waals surface area contributed by atoms with Gasteiger partial charge in [0, 0.05) is 32.6 Å². The monoisotopic (exact) mass is 288 g/mol. The highest BCUT2D eigenvalue weighted by Gasteiger charge is 2.16. The Morgan fingerprint density at radius 2 is 1.76 bits per heavy atom. The van der Waals surface area contributed by atoms with Crippen LogP contribution in [0.5, 0.6) is 0 Å². The Bertz CT molecular complexity index is 433. The lowest BCUT2D eigenvalue weighted by atomic mass is 10.0. The second-order valence-corrected chi connectivity index (χ2v) is 6.43. The van der Waals surface area contributed by atoms with Crippen LogP contribution in [0.4, 0.5) is 0 Å². The molecule has 0 aromatic heterocycles. The van der Waals surface area contributed by atoms with Crippen LogP contribution >= 0.6 is 0 Å². The fourth-order valence-corrected chi connectivity index (χ4v) is 2.82. The van der Waals surface area contributed by atoms with E-state index in [0.717, 1.165) is 32.6 Å². The molecule has 1 fully saturated rings. The molecule has 1 aliphatic rings. The summed E-state index contributed by atoms with van der Waals surface area (Å²) in [5, 5.41) is 3.37. The molecule has 1 heterocycles. The van der Waals surface area contributed by atoms with Gasteiger partial charge in [0.25, 0.3) is 0 Å². The van der Waals surface area contributed by atoms with Crippen LogP contribution in [0.3, 0.4) is 0 Å². The lowest BCUT2D eigenvalue weighted by Gasteiger charge is -2.15. The number of nitrogens with one attached hydrogen (secondary N) is 1. The Labute approximate surface area is 128 Å². The number of nitrogens with zero attached hydrogens (tertiary/aromatic N) is 1. The Morgan fingerprint density at radius 1 is 1.14 bits per heavy atom. The molecule has 1 N–H and O–H groups in total. The zero-order valence-corrected chi connectivity index (χ0v) is 13.4. The highest BCUT2D eigenvalue weighted by Crippen LogP contribution is 2.10. The molecule has 0 radical (unpaired) electrons. The molecule has 3 nitrogen and oxygen atoms in total. The molecule has 2 rings (SSSR count). The lowest BCUT2D eigenvalue weighted by Crippen LogP contribution is -2.30. The first-order valence-corrected chi connectivity index (χ1v) is 8.21. The maximum Gasteiger partial charge on any atom is 0.223 e. The van der Waals surface area contributed by atoms with Crippen molar-refractivity contribution < 1.29 is 4.79 Å². The number of carbonyl (C=O) groups is 1. The number of benzene rings is 1. The average Bonchev–Trinajstić information content (AvgIpc) is 2.99. The summed E-state index contributed by atoms with van der Waals surface area (Å²) in [4.78, 5) is 13.9. The smallest absolute Gasteiger partial charge is 0.223 e. The van der Waals surface area contributed by atoms with Crippen LogP contribution in [0.15, 0.2) is 24.3 Å². The van der Waals surface area contributed by atoms with E-state index in [1.54, 1.807) is 0 Å². The van der Waals surface area contributed by atoms with E-state index < -0.39 is 0 Å². The molecule has 1 aromatic carbocycles. The van der Waals surface area contributed by atoms with Crippen LogP contribution in [-0.2, 0) is 17.8 Å².